The van der Waals surface area contributed by atoms with Crippen molar-refractivity contribution in [3.63, 3.8) is 0 Å². The average Bonchev–Trinajstić information content (AvgIpc) is 2.88. The molecular formula is C10H13NO3S. The van der Waals surface area contributed by atoms with Gasteiger partial charge in [-0.2, -0.15) is 0 Å². The third-order valence-corrected chi connectivity index (χ3v) is 3.22. The van der Waals surface area contributed by atoms with Crippen LogP contribution in [0.15, 0.2) is 11.4 Å². The molecule has 1 atom stereocenters. The molecular weight excluding hydrogens is 214 g/mol. The summed E-state index contributed by atoms with van der Waals surface area (Å²) in [5, 5.41) is 5.17. The first-order chi connectivity index (χ1) is 7.31. The van der Waals surface area contributed by atoms with Gasteiger partial charge in [0.2, 0.25) is 0 Å². The Morgan fingerprint density at radius 3 is 3.27 bits per heavy atom. The van der Waals surface area contributed by atoms with E-state index in [4.69, 9.17) is 9.47 Å². The Morgan fingerprint density at radius 1 is 1.73 bits per heavy atom. The fourth-order valence-electron chi connectivity index (χ4n) is 1.54. The molecule has 0 aromatic carbocycles. The van der Waals surface area contributed by atoms with E-state index in [1.165, 1.54) is 18.4 Å². The summed E-state index contributed by atoms with van der Waals surface area (Å²) in [5.74, 6) is -0.286. The molecule has 2 rings (SSSR count). The summed E-state index contributed by atoms with van der Waals surface area (Å²) in [4.78, 5) is 12.0. The summed E-state index contributed by atoms with van der Waals surface area (Å²) in [6.45, 7) is 1.49. The Bertz CT molecular complexity index is 344. The van der Waals surface area contributed by atoms with Gasteiger partial charge in [0.15, 0.2) is 0 Å². The second-order valence-electron chi connectivity index (χ2n) is 3.36. The molecule has 1 saturated heterocycles. The predicted octanol–water partition coefficient (Wildman–Crippen LogP) is 1.74. The Kier molecular flexibility index (Phi) is 3.23. The van der Waals surface area contributed by atoms with Crippen molar-refractivity contribution in [3.8, 4) is 0 Å². The van der Waals surface area contributed by atoms with E-state index < -0.39 is 0 Å². The number of methoxy groups -OCH3 is 1. The molecule has 5 heteroatoms. The molecule has 0 aliphatic carbocycles. The van der Waals surface area contributed by atoms with Crippen LogP contribution in [0.4, 0.5) is 5.69 Å². The minimum absolute atomic E-state index is 0.286. The van der Waals surface area contributed by atoms with Crippen molar-refractivity contribution in [2.45, 2.75) is 12.5 Å². The molecule has 0 amide bonds. The summed E-state index contributed by atoms with van der Waals surface area (Å²) >= 11 is 1.39. The zero-order chi connectivity index (χ0) is 10.7. The number of carbonyl (C=O) groups excluding carboxylic acids is 1. The molecule has 1 aromatic heterocycles. The maximum Gasteiger partial charge on any atom is 0.350 e. The van der Waals surface area contributed by atoms with Gasteiger partial charge in [0.05, 0.1) is 25.4 Å². The Hall–Kier alpha value is -1.07. The van der Waals surface area contributed by atoms with Crippen molar-refractivity contribution in [1.29, 1.82) is 0 Å². The molecule has 0 unspecified atom stereocenters. The standard InChI is InChI=1S/C10H13NO3S/c1-13-10(12)9-8(3-5-15-9)11-7-2-4-14-6-7/h3,5,7,11H,2,4,6H2,1H3/t7-/m0/s1. The van der Waals surface area contributed by atoms with E-state index in [-0.39, 0.29) is 5.97 Å². The van der Waals surface area contributed by atoms with Gasteiger partial charge in [-0.1, -0.05) is 0 Å². The summed E-state index contributed by atoms with van der Waals surface area (Å²) in [7, 11) is 1.39. The highest BCUT2D eigenvalue weighted by molar-refractivity contribution is 7.12. The third kappa shape index (κ3) is 2.30. The molecule has 0 bridgehead atoms. The lowest BCUT2D eigenvalue weighted by Crippen LogP contribution is -2.19. The van der Waals surface area contributed by atoms with Crippen LogP contribution in [-0.2, 0) is 9.47 Å². The topological polar surface area (TPSA) is 47.6 Å². The number of rotatable bonds is 3. The predicted molar refractivity (Wildman–Crippen MR) is 58.5 cm³/mol. The minimum Gasteiger partial charge on any atom is -0.465 e. The van der Waals surface area contributed by atoms with E-state index in [0.717, 1.165) is 18.7 Å². The van der Waals surface area contributed by atoms with Gasteiger partial charge in [-0.3, -0.25) is 0 Å². The number of carbonyl (C=O) groups is 1. The molecule has 1 fully saturated rings. The summed E-state index contributed by atoms with van der Waals surface area (Å²) < 4.78 is 9.96. The fourth-order valence-corrected chi connectivity index (χ4v) is 2.32. The van der Waals surface area contributed by atoms with Crippen molar-refractivity contribution in [2.24, 2.45) is 0 Å². The third-order valence-electron chi connectivity index (χ3n) is 2.33. The smallest absolute Gasteiger partial charge is 0.350 e. The van der Waals surface area contributed by atoms with Crippen LogP contribution in [0.3, 0.4) is 0 Å². The van der Waals surface area contributed by atoms with Gasteiger partial charge in [-0.05, 0) is 17.9 Å². The SMILES string of the molecule is COC(=O)c1sccc1N[C@H]1CCOC1. The van der Waals surface area contributed by atoms with Crippen LogP contribution in [-0.4, -0.2) is 32.3 Å². The molecule has 82 valence electrons. The highest BCUT2D eigenvalue weighted by Crippen LogP contribution is 2.25. The summed E-state index contributed by atoms with van der Waals surface area (Å²) in [6.07, 6.45) is 0.983. The average molecular weight is 227 g/mol. The number of ether oxygens (including phenoxy) is 2. The van der Waals surface area contributed by atoms with Crippen LogP contribution < -0.4 is 5.32 Å². The van der Waals surface area contributed by atoms with Gasteiger partial charge < -0.3 is 14.8 Å². The molecule has 2 heterocycles. The van der Waals surface area contributed by atoms with E-state index in [1.54, 1.807) is 0 Å². The van der Waals surface area contributed by atoms with E-state index in [0.29, 0.717) is 17.5 Å². The highest BCUT2D eigenvalue weighted by Gasteiger charge is 2.19. The number of anilines is 1. The highest BCUT2D eigenvalue weighted by atomic mass is 32.1. The van der Waals surface area contributed by atoms with Gasteiger partial charge >= 0.3 is 5.97 Å². The first-order valence-electron chi connectivity index (χ1n) is 4.81. The molecule has 0 saturated carbocycles. The molecule has 0 radical (unpaired) electrons. The van der Waals surface area contributed by atoms with Crippen molar-refractivity contribution < 1.29 is 14.3 Å². The van der Waals surface area contributed by atoms with Crippen LogP contribution in [0.1, 0.15) is 16.1 Å². The van der Waals surface area contributed by atoms with Crippen LogP contribution in [0.5, 0.6) is 0 Å². The van der Waals surface area contributed by atoms with Crippen LogP contribution in [0.25, 0.3) is 0 Å². The van der Waals surface area contributed by atoms with E-state index in [9.17, 15) is 4.79 Å². The van der Waals surface area contributed by atoms with E-state index in [1.807, 2.05) is 11.4 Å². The fraction of sp³-hybridized carbons (Fsp3) is 0.500. The van der Waals surface area contributed by atoms with Gasteiger partial charge in [0.25, 0.3) is 0 Å². The normalized spacial score (nSPS) is 20.2. The maximum atomic E-state index is 11.4. The molecule has 1 aromatic rings. The Labute approximate surface area is 92.2 Å². The quantitative estimate of drug-likeness (QED) is 0.799. The van der Waals surface area contributed by atoms with E-state index in [2.05, 4.69) is 5.32 Å². The monoisotopic (exact) mass is 227 g/mol. The second kappa shape index (κ2) is 4.63. The first-order valence-corrected chi connectivity index (χ1v) is 5.69. The molecule has 1 aliphatic rings. The number of esters is 1. The maximum absolute atomic E-state index is 11.4. The molecule has 4 nitrogen and oxygen atoms in total. The zero-order valence-corrected chi connectivity index (χ0v) is 9.30. The van der Waals surface area contributed by atoms with Gasteiger partial charge in [-0.15, -0.1) is 11.3 Å². The lowest BCUT2D eigenvalue weighted by atomic mass is 10.2. The molecule has 1 aliphatic heterocycles. The minimum atomic E-state index is -0.286. The molecule has 15 heavy (non-hydrogen) atoms. The lowest BCUT2D eigenvalue weighted by Gasteiger charge is -2.11. The van der Waals surface area contributed by atoms with Crippen LogP contribution >= 0.6 is 11.3 Å². The number of nitrogens with one attached hydrogen (secondary N) is 1. The summed E-state index contributed by atoms with van der Waals surface area (Å²) in [5.41, 5.74) is 0.849. The van der Waals surface area contributed by atoms with Crippen LogP contribution in [0, 0.1) is 0 Å². The number of hydrogen-bond acceptors (Lipinski definition) is 5. The first kappa shape index (κ1) is 10.4. The van der Waals surface area contributed by atoms with Gasteiger partial charge in [0, 0.05) is 6.61 Å². The second-order valence-corrected chi connectivity index (χ2v) is 4.28. The molecule has 0 spiro atoms. The lowest BCUT2D eigenvalue weighted by molar-refractivity contribution is 0.0607. The Morgan fingerprint density at radius 2 is 2.60 bits per heavy atom. The van der Waals surface area contributed by atoms with Crippen molar-refractivity contribution in [2.75, 3.05) is 25.6 Å². The molecule has 1 N–H and O–H groups in total. The van der Waals surface area contributed by atoms with Crippen molar-refractivity contribution >= 4 is 23.0 Å². The summed E-state index contributed by atoms with van der Waals surface area (Å²) in [6, 6.07) is 2.21. The number of thiophene rings is 1. The zero-order valence-electron chi connectivity index (χ0n) is 8.49. The van der Waals surface area contributed by atoms with Gasteiger partial charge in [-0.25, -0.2) is 4.79 Å². The van der Waals surface area contributed by atoms with Crippen molar-refractivity contribution in [1.82, 2.24) is 0 Å². The van der Waals surface area contributed by atoms with Gasteiger partial charge in [0.1, 0.15) is 4.88 Å². The Balaban J connectivity index is 2.07. The van der Waals surface area contributed by atoms with E-state index >= 15 is 0 Å². The largest absolute Gasteiger partial charge is 0.465 e. The van der Waals surface area contributed by atoms with Crippen LogP contribution in [0.2, 0.25) is 0 Å². The van der Waals surface area contributed by atoms with Crippen molar-refractivity contribution in [3.05, 3.63) is 16.3 Å². The number of hydrogen-bond donors (Lipinski definition) is 1.